The Kier molecular flexibility index (Phi) is 9.65. The minimum absolute atomic E-state index is 0.101. The van der Waals surface area contributed by atoms with Crippen molar-refractivity contribution in [1.82, 2.24) is 10.6 Å². The van der Waals surface area contributed by atoms with E-state index in [0.717, 1.165) is 26.1 Å². The van der Waals surface area contributed by atoms with Crippen LogP contribution in [0.1, 0.15) is 32.6 Å². The topological polar surface area (TPSA) is 75.1 Å². The first-order valence-electron chi connectivity index (χ1n) is 9.75. The quantitative estimate of drug-likeness (QED) is 0.369. The van der Waals surface area contributed by atoms with Crippen molar-refractivity contribution in [3.8, 4) is 5.75 Å². The molecule has 1 unspecified atom stereocenters. The number of rotatable bonds is 11. The Morgan fingerprint density at radius 2 is 2.11 bits per heavy atom. The second-order valence-corrected chi connectivity index (χ2v) is 7.97. The lowest BCUT2D eigenvalue weighted by Gasteiger charge is -2.40. The predicted octanol–water partition coefficient (Wildman–Crippen LogP) is 3.50. The summed E-state index contributed by atoms with van der Waals surface area (Å²) in [6.45, 7) is 4.71. The van der Waals surface area contributed by atoms with Crippen LogP contribution >= 0.6 is 23.2 Å². The summed E-state index contributed by atoms with van der Waals surface area (Å²) in [6.07, 6.45) is 3.95. The molecule has 28 heavy (non-hydrogen) atoms. The Balaban J connectivity index is 1.82. The first-order chi connectivity index (χ1) is 13.5. The molecule has 0 aromatic heterocycles. The lowest BCUT2D eigenvalue weighted by molar-refractivity contribution is 0.0777. The third-order valence-corrected chi connectivity index (χ3v) is 5.82. The van der Waals surface area contributed by atoms with Crippen LogP contribution in [0.2, 0.25) is 10.0 Å². The van der Waals surface area contributed by atoms with Crippen molar-refractivity contribution in [3.05, 3.63) is 28.2 Å². The van der Waals surface area contributed by atoms with Gasteiger partial charge in [0.1, 0.15) is 23.5 Å². The molecule has 6 nitrogen and oxygen atoms in total. The van der Waals surface area contributed by atoms with E-state index in [-0.39, 0.29) is 12.0 Å². The van der Waals surface area contributed by atoms with Gasteiger partial charge in [0.15, 0.2) is 5.96 Å². The minimum atomic E-state index is -0.718. The van der Waals surface area contributed by atoms with Crippen LogP contribution in [-0.2, 0) is 4.74 Å². The molecular formula is C20H31Cl2N3O3. The van der Waals surface area contributed by atoms with Crippen LogP contribution in [0.3, 0.4) is 0 Å². The Morgan fingerprint density at radius 1 is 1.32 bits per heavy atom. The maximum absolute atomic E-state index is 10.2. The van der Waals surface area contributed by atoms with Gasteiger partial charge in [-0.1, -0.05) is 35.7 Å². The molecule has 0 bridgehead atoms. The highest BCUT2D eigenvalue weighted by Gasteiger charge is 2.36. The smallest absolute Gasteiger partial charge is 0.191 e. The fraction of sp³-hybridized carbons (Fsp3) is 0.650. The third-order valence-electron chi connectivity index (χ3n) is 5.02. The molecule has 0 spiro atoms. The number of methoxy groups -OCH3 is 1. The van der Waals surface area contributed by atoms with Gasteiger partial charge in [-0.2, -0.15) is 0 Å². The Morgan fingerprint density at radius 3 is 2.75 bits per heavy atom. The van der Waals surface area contributed by atoms with Crippen molar-refractivity contribution in [3.63, 3.8) is 0 Å². The summed E-state index contributed by atoms with van der Waals surface area (Å²) in [5.41, 5.74) is 0.253. The van der Waals surface area contributed by atoms with Crippen LogP contribution in [0.4, 0.5) is 0 Å². The average molecular weight is 432 g/mol. The van der Waals surface area contributed by atoms with Crippen LogP contribution in [0, 0.1) is 5.41 Å². The Hall–Kier alpha value is -1.21. The second-order valence-electron chi connectivity index (χ2n) is 7.19. The molecule has 0 aliphatic heterocycles. The number of ether oxygens (including phenoxy) is 2. The highest BCUT2D eigenvalue weighted by molar-refractivity contribution is 6.42. The fourth-order valence-electron chi connectivity index (χ4n) is 3.13. The van der Waals surface area contributed by atoms with Crippen molar-refractivity contribution >= 4 is 29.2 Å². The summed E-state index contributed by atoms with van der Waals surface area (Å²) in [5.74, 6) is 1.16. The number of aliphatic hydroxyl groups is 1. The first-order valence-corrected chi connectivity index (χ1v) is 10.5. The van der Waals surface area contributed by atoms with E-state index < -0.39 is 6.10 Å². The van der Waals surface area contributed by atoms with Gasteiger partial charge in [0.2, 0.25) is 0 Å². The van der Waals surface area contributed by atoms with Gasteiger partial charge in [-0.05, 0) is 43.7 Å². The summed E-state index contributed by atoms with van der Waals surface area (Å²) in [4.78, 5) is 4.72. The molecule has 1 aromatic rings. The number of hydrogen-bond acceptors (Lipinski definition) is 4. The molecule has 0 saturated heterocycles. The molecule has 0 radical (unpaired) electrons. The normalized spacial score (nSPS) is 17.0. The van der Waals surface area contributed by atoms with Crippen molar-refractivity contribution in [2.75, 3.05) is 40.0 Å². The summed E-state index contributed by atoms with van der Waals surface area (Å²) in [5, 5.41) is 17.4. The van der Waals surface area contributed by atoms with Crippen LogP contribution in [0.25, 0.3) is 0 Å². The summed E-state index contributed by atoms with van der Waals surface area (Å²) >= 11 is 12.1. The van der Waals surface area contributed by atoms with E-state index >= 15 is 0 Å². The molecule has 0 heterocycles. The van der Waals surface area contributed by atoms with Gasteiger partial charge in [0.25, 0.3) is 0 Å². The Labute approximate surface area is 177 Å². The van der Waals surface area contributed by atoms with Crippen molar-refractivity contribution in [1.29, 1.82) is 0 Å². The number of aliphatic hydroxyl groups excluding tert-OH is 1. The van der Waals surface area contributed by atoms with Crippen LogP contribution in [0.5, 0.6) is 5.75 Å². The summed E-state index contributed by atoms with van der Waals surface area (Å²) in [7, 11) is 1.74. The number of nitrogens with zero attached hydrogens (tertiary/aromatic N) is 1. The third kappa shape index (κ3) is 6.99. The van der Waals surface area contributed by atoms with E-state index in [1.165, 1.54) is 19.3 Å². The maximum atomic E-state index is 10.2. The molecule has 1 aromatic carbocycles. The molecule has 0 amide bonds. The highest BCUT2D eigenvalue weighted by atomic mass is 35.5. The van der Waals surface area contributed by atoms with Gasteiger partial charge >= 0.3 is 0 Å². The highest BCUT2D eigenvalue weighted by Crippen LogP contribution is 2.44. The zero-order valence-corrected chi connectivity index (χ0v) is 18.2. The molecular weight excluding hydrogens is 401 g/mol. The molecule has 1 aliphatic carbocycles. The lowest BCUT2D eigenvalue weighted by atomic mass is 9.67. The van der Waals surface area contributed by atoms with Gasteiger partial charge in [0, 0.05) is 33.4 Å². The van der Waals surface area contributed by atoms with E-state index in [1.54, 1.807) is 25.3 Å². The zero-order valence-electron chi connectivity index (χ0n) is 16.6. The molecule has 1 saturated carbocycles. The molecule has 1 aliphatic rings. The van der Waals surface area contributed by atoms with Gasteiger partial charge in [0.05, 0.1) is 5.02 Å². The first kappa shape index (κ1) is 23.1. The molecule has 1 atom stereocenters. The minimum Gasteiger partial charge on any atom is -0.489 e. The number of nitrogens with one attached hydrogen (secondary N) is 2. The van der Waals surface area contributed by atoms with E-state index in [0.29, 0.717) is 28.3 Å². The Bertz CT molecular complexity index is 639. The lowest BCUT2D eigenvalue weighted by Crippen LogP contribution is -2.44. The number of guanidine groups is 1. The summed E-state index contributed by atoms with van der Waals surface area (Å²) in [6, 6.07) is 5.16. The largest absolute Gasteiger partial charge is 0.489 e. The van der Waals surface area contributed by atoms with Gasteiger partial charge in [-0.25, -0.2) is 0 Å². The maximum Gasteiger partial charge on any atom is 0.191 e. The predicted molar refractivity (Wildman–Crippen MR) is 115 cm³/mol. The zero-order chi connectivity index (χ0) is 20.4. The van der Waals surface area contributed by atoms with Crippen LogP contribution < -0.4 is 15.4 Å². The molecule has 8 heteroatoms. The van der Waals surface area contributed by atoms with Gasteiger partial charge < -0.3 is 25.2 Å². The van der Waals surface area contributed by atoms with Crippen LogP contribution in [-0.4, -0.2) is 57.1 Å². The number of aliphatic imine (C=N–C) groups is 1. The number of halogens is 2. The molecule has 3 N–H and O–H groups in total. The average Bonchev–Trinajstić information content (AvgIpc) is 2.66. The van der Waals surface area contributed by atoms with Crippen LogP contribution in [0.15, 0.2) is 23.2 Å². The van der Waals surface area contributed by atoms with Crippen molar-refractivity contribution in [2.45, 2.75) is 38.7 Å². The standard InChI is InChI=1S/C20H31Cl2N3O3/c1-3-23-19(25-14-20(8-5-9-20)10-11-27-2)24-12-15(26)13-28-17-7-4-6-16(21)18(17)22/h4,6-7,15,26H,3,5,8-14H2,1-2H3,(H2,23,24,25). The molecule has 1 fully saturated rings. The molecule has 2 rings (SSSR count). The monoisotopic (exact) mass is 431 g/mol. The molecule has 158 valence electrons. The summed E-state index contributed by atoms with van der Waals surface area (Å²) < 4.78 is 10.8. The van der Waals surface area contributed by atoms with Crippen molar-refractivity contribution < 1.29 is 14.6 Å². The van der Waals surface area contributed by atoms with E-state index in [9.17, 15) is 5.11 Å². The van der Waals surface area contributed by atoms with Gasteiger partial charge in [-0.3, -0.25) is 4.99 Å². The number of benzene rings is 1. The van der Waals surface area contributed by atoms with E-state index in [1.807, 2.05) is 6.92 Å². The fourth-order valence-corrected chi connectivity index (χ4v) is 3.47. The van der Waals surface area contributed by atoms with Gasteiger partial charge in [-0.15, -0.1) is 0 Å². The van der Waals surface area contributed by atoms with E-state index in [4.69, 9.17) is 37.7 Å². The SMILES string of the molecule is CCNC(=NCC1(CCOC)CCC1)NCC(O)COc1cccc(Cl)c1Cl. The van der Waals surface area contributed by atoms with E-state index in [2.05, 4.69) is 10.6 Å². The number of hydrogen-bond donors (Lipinski definition) is 3. The van der Waals surface area contributed by atoms with Crippen molar-refractivity contribution in [2.24, 2.45) is 10.4 Å². The second kappa shape index (κ2) is 11.7.